The SMILES string of the molecule is C=CCC(C/C=C(/CS(=O)(=O)c1ccccc1)S(=O)(=O)c1ccccc1)(C(=O)OC)C(=O)OC. The number of ether oxygens (including phenoxy) is 2. The Labute approximate surface area is 199 Å². The summed E-state index contributed by atoms with van der Waals surface area (Å²) in [5.41, 5.74) is -1.93. The van der Waals surface area contributed by atoms with E-state index in [1.54, 1.807) is 12.1 Å². The first-order valence-electron chi connectivity index (χ1n) is 10.1. The van der Waals surface area contributed by atoms with Gasteiger partial charge in [0.2, 0.25) is 9.84 Å². The summed E-state index contributed by atoms with van der Waals surface area (Å²) in [5, 5.41) is 0. The molecule has 0 N–H and O–H groups in total. The zero-order valence-electron chi connectivity index (χ0n) is 18.8. The first-order chi connectivity index (χ1) is 16.0. The number of hydrogen-bond donors (Lipinski definition) is 0. The minimum atomic E-state index is -4.29. The summed E-state index contributed by atoms with van der Waals surface area (Å²) < 4.78 is 62.5. The van der Waals surface area contributed by atoms with E-state index in [0.29, 0.717) is 0 Å². The molecule has 34 heavy (non-hydrogen) atoms. The van der Waals surface area contributed by atoms with E-state index in [2.05, 4.69) is 6.58 Å². The number of esters is 2. The second-order valence-corrected chi connectivity index (χ2v) is 11.3. The van der Waals surface area contributed by atoms with Gasteiger partial charge in [-0.1, -0.05) is 48.6 Å². The molecule has 0 aliphatic rings. The van der Waals surface area contributed by atoms with Crippen LogP contribution in [0.5, 0.6) is 0 Å². The number of methoxy groups -OCH3 is 2. The molecule has 0 saturated heterocycles. The monoisotopic (exact) mass is 506 g/mol. The lowest BCUT2D eigenvalue weighted by Crippen LogP contribution is -2.40. The predicted octanol–water partition coefficient (Wildman–Crippen LogP) is 3.12. The van der Waals surface area contributed by atoms with Gasteiger partial charge in [0.1, 0.15) is 0 Å². The van der Waals surface area contributed by atoms with E-state index in [1.807, 2.05) is 0 Å². The van der Waals surface area contributed by atoms with E-state index in [9.17, 15) is 26.4 Å². The quantitative estimate of drug-likeness (QED) is 0.259. The van der Waals surface area contributed by atoms with E-state index in [4.69, 9.17) is 9.47 Å². The smallest absolute Gasteiger partial charge is 0.323 e. The van der Waals surface area contributed by atoms with Gasteiger partial charge in [0.15, 0.2) is 15.3 Å². The second kappa shape index (κ2) is 11.3. The number of benzene rings is 2. The minimum absolute atomic E-state index is 0.0672. The van der Waals surface area contributed by atoms with E-state index >= 15 is 0 Å². The number of carbonyl (C=O) groups is 2. The van der Waals surface area contributed by atoms with Gasteiger partial charge >= 0.3 is 11.9 Å². The van der Waals surface area contributed by atoms with Gasteiger partial charge in [0.05, 0.1) is 34.7 Å². The van der Waals surface area contributed by atoms with Gasteiger partial charge in [-0.25, -0.2) is 16.8 Å². The topological polar surface area (TPSA) is 121 Å². The van der Waals surface area contributed by atoms with Crippen molar-refractivity contribution in [3.63, 3.8) is 0 Å². The van der Waals surface area contributed by atoms with Crippen molar-refractivity contribution in [3.05, 3.63) is 84.3 Å². The Kier molecular flexibility index (Phi) is 8.94. The Morgan fingerprint density at radius 2 is 1.29 bits per heavy atom. The summed E-state index contributed by atoms with van der Waals surface area (Å²) in [6.45, 7) is 3.55. The van der Waals surface area contributed by atoms with Crippen LogP contribution in [0.2, 0.25) is 0 Å². The van der Waals surface area contributed by atoms with Crippen LogP contribution in [0.25, 0.3) is 0 Å². The molecule has 2 aromatic carbocycles. The van der Waals surface area contributed by atoms with Gasteiger partial charge in [0, 0.05) is 0 Å². The van der Waals surface area contributed by atoms with Crippen LogP contribution < -0.4 is 0 Å². The number of hydrogen-bond acceptors (Lipinski definition) is 8. The average molecular weight is 507 g/mol. The van der Waals surface area contributed by atoms with E-state index in [1.165, 1.54) is 54.6 Å². The highest BCUT2D eigenvalue weighted by atomic mass is 32.2. The normalized spacial score (nSPS) is 12.6. The molecule has 0 spiro atoms. The zero-order valence-corrected chi connectivity index (χ0v) is 20.5. The van der Waals surface area contributed by atoms with Crippen LogP contribution in [-0.4, -0.2) is 48.7 Å². The minimum Gasteiger partial charge on any atom is -0.468 e. The van der Waals surface area contributed by atoms with Crippen LogP contribution in [0, 0.1) is 5.41 Å². The molecule has 0 radical (unpaired) electrons. The number of sulfone groups is 2. The fourth-order valence-electron chi connectivity index (χ4n) is 3.32. The summed E-state index contributed by atoms with van der Waals surface area (Å²) in [4.78, 5) is 24.5. The molecule has 0 atom stereocenters. The average Bonchev–Trinajstić information content (AvgIpc) is 2.85. The van der Waals surface area contributed by atoms with Crippen molar-refractivity contribution >= 4 is 31.6 Å². The molecular formula is C24H26O8S2. The Balaban J connectivity index is 2.68. The van der Waals surface area contributed by atoms with E-state index < -0.39 is 54.1 Å². The Bertz CT molecular complexity index is 1250. The van der Waals surface area contributed by atoms with Crippen LogP contribution >= 0.6 is 0 Å². The van der Waals surface area contributed by atoms with Crippen LogP contribution in [0.15, 0.2) is 94.1 Å². The van der Waals surface area contributed by atoms with Gasteiger partial charge < -0.3 is 9.47 Å². The van der Waals surface area contributed by atoms with Crippen molar-refractivity contribution in [1.82, 2.24) is 0 Å². The summed E-state index contributed by atoms with van der Waals surface area (Å²) in [6, 6.07) is 14.7. The van der Waals surface area contributed by atoms with Crippen molar-refractivity contribution in [2.75, 3.05) is 20.0 Å². The third-order valence-electron chi connectivity index (χ3n) is 5.16. The van der Waals surface area contributed by atoms with Crippen molar-refractivity contribution in [2.24, 2.45) is 5.41 Å². The zero-order chi connectivity index (χ0) is 25.4. The molecule has 0 aromatic heterocycles. The molecule has 0 fully saturated rings. The highest BCUT2D eigenvalue weighted by molar-refractivity contribution is 7.98. The van der Waals surface area contributed by atoms with Crippen LogP contribution in [0.4, 0.5) is 0 Å². The van der Waals surface area contributed by atoms with Gasteiger partial charge in [-0.05, 0) is 37.1 Å². The molecule has 0 unspecified atom stereocenters. The lowest BCUT2D eigenvalue weighted by Gasteiger charge is -2.26. The lowest BCUT2D eigenvalue weighted by molar-refractivity contribution is -0.168. The molecule has 0 aliphatic carbocycles. The molecule has 182 valence electrons. The van der Waals surface area contributed by atoms with E-state index in [-0.39, 0.29) is 16.2 Å². The van der Waals surface area contributed by atoms with Gasteiger partial charge in [0.25, 0.3) is 0 Å². The molecule has 10 heteroatoms. The van der Waals surface area contributed by atoms with Crippen LogP contribution in [-0.2, 0) is 38.7 Å². The van der Waals surface area contributed by atoms with Crippen LogP contribution in [0.1, 0.15) is 12.8 Å². The van der Waals surface area contributed by atoms with E-state index in [0.717, 1.165) is 20.3 Å². The second-order valence-electron chi connectivity index (χ2n) is 7.32. The van der Waals surface area contributed by atoms with Crippen LogP contribution in [0.3, 0.4) is 0 Å². The fraction of sp³-hybridized carbons (Fsp3) is 0.250. The van der Waals surface area contributed by atoms with Crippen molar-refractivity contribution in [1.29, 1.82) is 0 Å². The highest BCUT2D eigenvalue weighted by Gasteiger charge is 2.47. The molecule has 0 heterocycles. The predicted molar refractivity (Wildman–Crippen MR) is 126 cm³/mol. The van der Waals surface area contributed by atoms with Crippen molar-refractivity contribution in [2.45, 2.75) is 22.6 Å². The maximum atomic E-state index is 13.4. The van der Waals surface area contributed by atoms with Gasteiger partial charge in [-0.2, -0.15) is 0 Å². The molecule has 0 amide bonds. The van der Waals surface area contributed by atoms with Gasteiger partial charge in [-0.3, -0.25) is 9.59 Å². The summed E-state index contributed by atoms with van der Waals surface area (Å²) in [5.74, 6) is -2.79. The standard InChI is InChI=1S/C24H26O8S2/c1-4-16-24(22(25)31-2,23(26)32-3)17-15-21(34(29,30)20-13-9-6-10-14-20)18-33(27,28)19-11-7-5-8-12-19/h4-15H,1,16-18H2,2-3H3/b21-15-. The van der Waals surface area contributed by atoms with Crippen molar-refractivity contribution < 1.29 is 35.9 Å². The molecule has 2 aromatic rings. The Morgan fingerprint density at radius 3 is 1.74 bits per heavy atom. The maximum absolute atomic E-state index is 13.4. The molecule has 0 bridgehead atoms. The number of carbonyl (C=O) groups excluding carboxylic acids is 2. The first-order valence-corrected chi connectivity index (χ1v) is 13.2. The third-order valence-corrected chi connectivity index (χ3v) is 8.91. The largest absolute Gasteiger partial charge is 0.468 e. The summed E-state index contributed by atoms with van der Waals surface area (Å²) in [7, 11) is -6.22. The summed E-state index contributed by atoms with van der Waals surface area (Å²) in [6.07, 6.45) is 1.67. The molecule has 2 rings (SSSR count). The molecule has 0 saturated carbocycles. The lowest BCUT2D eigenvalue weighted by atomic mass is 9.81. The van der Waals surface area contributed by atoms with Crippen molar-refractivity contribution in [3.8, 4) is 0 Å². The molecular weight excluding hydrogens is 480 g/mol. The molecule has 8 nitrogen and oxygen atoms in total. The maximum Gasteiger partial charge on any atom is 0.323 e. The Hall–Kier alpha value is -3.24. The fourth-order valence-corrected chi connectivity index (χ4v) is 6.76. The van der Waals surface area contributed by atoms with Gasteiger partial charge in [-0.15, -0.1) is 6.58 Å². The number of allylic oxidation sites excluding steroid dienone is 2. The first kappa shape index (κ1) is 27.0. The third kappa shape index (κ3) is 5.81. The summed E-state index contributed by atoms with van der Waals surface area (Å²) >= 11 is 0. The highest BCUT2D eigenvalue weighted by Crippen LogP contribution is 2.34. The number of rotatable bonds is 11. The Morgan fingerprint density at radius 1 is 0.824 bits per heavy atom. The molecule has 0 aliphatic heterocycles.